The number of nitrogens with zero attached hydrogens (tertiary/aromatic N) is 1. The van der Waals surface area contributed by atoms with Gasteiger partial charge in [-0.05, 0) is 37.5 Å². The smallest absolute Gasteiger partial charge is 0.325 e. The molecule has 8 nitrogen and oxygen atoms in total. The number of anilines is 1. The molecule has 2 aromatic carbocycles. The number of aliphatic carboxylic acids is 1. The second-order valence-corrected chi connectivity index (χ2v) is 7.35. The number of imide groups is 1. The molecule has 2 aromatic rings. The number of hydrogen-bond acceptors (Lipinski definition) is 4. The Morgan fingerprint density at radius 1 is 1.10 bits per heavy atom. The van der Waals surface area contributed by atoms with Crippen molar-refractivity contribution >= 4 is 29.5 Å². The van der Waals surface area contributed by atoms with E-state index < -0.39 is 35.9 Å². The Labute approximate surface area is 173 Å². The summed E-state index contributed by atoms with van der Waals surface area (Å²) in [5, 5.41) is 14.4. The Morgan fingerprint density at radius 3 is 2.43 bits per heavy atom. The maximum atomic E-state index is 13.2. The van der Waals surface area contributed by atoms with E-state index in [1.165, 1.54) is 0 Å². The number of carboxylic acids is 1. The topological polar surface area (TPSA) is 116 Å². The van der Waals surface area contributed by atoms with Crippen LogP contribution >= 0.6 is 0 Å². The number of aryl methyl sites for hydroxylation is 2. The van der Waals surface area contributed by atoms with Crippen LogP contribution < -0.4 is 10.6 Å². The van der Waals surface area contributed by atoms with Crippen LogP contribution in [0.5, 0.6) is 0 Å². The summed E-state index contributed by atoms with van der Waals surface area (Å²) in [5.41, 5.74) is 1.46. The zero-order chi connectivity index (χ0) is 21.9. The summed E-state index contributed by atoms with van der Waals surface area (Å²) in [6.07, 6.45) is -0.435. The number of rotatable bonds is 7. The van der Waals surface area contributed by atoms with Crippen LogP contribution in [0.25, 0.3) is 0 Å². The number of nitrogens with one attached hydrogen (secondary N) is 2. The van der Waals surface area contributed by atoms with Gasteiger partial charge >= 0.3 is 12.0 Å². The lowest BCUT2D eigenvalue weighted by Crippen LogP contribution is -2.45. The molecule has 3 N–H and O–H groups in total. The van der Waals surface area contributed by atoms with Crippen LogP contribution in [0.15, 0.2) is 48.5 Å². The van der Waals surface area contributed by atoms with E-state index in [-0.39, 0.29) is 12.8 Å². The molecule has 0 spiro atoms. The van der Waals surface area contributed by atoms with Crippen LogP contribution in [0.2, 0.25) is 0 Å². The minimum Gasteiger partial charge on any atom is -0.481 e. The Kier molecular flexibility index (Phi) is 5.86. The molecule has 0 aromatic heterocycles. The summed E-state index contributed by atoms with van der Waals surface area (Å²) < 4.78 is 0. The lowest BCUT2D eigenvalue weighted by atomic mass is 9.85. The average molecular weight is 409 g/mol. The predicted octanol–water partition coefficient (Wildman–Crippen LogP) is 2.55. The predicted molar refractivity (Wildman–Crippen MR) is 110 cm³/mol. The molecule has 0 aliphatic carbocycles. The fraction of sp³-hybridized carbons (Fsp3) is 0.273. The molecule has 3 rings (SSSR count). The highest BCUT2D eigenvalue weighted by Gasteiger charge is 2.52. The van der Waals surface area contributed by atoms with Crippen LogP contribution in [0, 0.1) is 13.8 Å². The van der Waals surface area contributed by atoms with E-state index in [9.17, 15) is 19.2 Å². The van der Waals surface area contributed by atoms with Gasteiger partial charge in [0.15, 0.2) is 0 Å². The van der Waals surface area contributed by atoms with Gasteiger partial charge in [-0.25, -0.2) is 4.79 Å². The SMILES string of the molecule is Cc1ccc(NC(=O)CN2C(=O)N[C@@](CCC(=O)O)(c3ccccc3)C2=O)c(C)c1. The molecular formula is C22H23N3O5. The van der Waals surface area contributed by atoms with Crippen LogP contribution in [0.3, 0.4) is 0 Å². The third-order valence-corrected chi connectivity index (χ3v) is 5.11. The molecule has 1 fully saturated rings. The van der Waals surface area contributed by atoms with Crippen molar-refractivity contribution in [2.45, 2.75) is 32.2 Å². The number of hydrogen-bond donors (Lipinski definition) is 3. The first-order chi connectivity index (χ1) is 14.2. The second kappa shape index (κ2) is 8.36. The first-order valence-electron chi connectivity index (χ1n) is 9.51. The molecule has 0 saturated carbocycles. The van der Waals surface area contributed by atoms with Crippen molar-refractivity contribution in [3.05, 3.63) is 65.2 Å². The minimum absolute atomic E-state index is 0.119. The van der Waals surface area contributed by atoms with E-state index in [1.807, 2.05) is 26.0 Å². The van der Waals surface area contributed by atoms with E-state index in [0.29, 0.717) is 11.3 Å². The van der Waals surface area contributed by atoms with Gasteiger partial charge in [0.1, 0.15) is 12.1 Å². The second-order valence-electron chi connectivity index (χ2n) is 7.35. The fourth-order valence-corrected chi connectivity index (χ4v) is 3.58. The lowest BCUT2D eigenvalue weighted by Gasteiger charge is -2.26. The molecule has 30 heavy (non-hydrogen) atoms. The van der Waals surface area contributed by atoms with Crippen molar-refractivity contribution in [2.24, 2.45) is 0 Å². The summed E-state index contributed by atoms with van der Waals surface area (Å²) in [6.45, 7) is 3.31. The molecule has 1 atom stereocenters. The number of amides is 4. The molecule has 1 aliphatic heterocycles. The van der Waals surface area contributed by atoms with Crippen LogP contribution in [0.4, 0.5) is 10.5 Å². The largest absolute Gasteiger partial charge is 0.481 e. The third-order valence-electron chi connectivity index (χ3n) is 5.11. The summed E-state index contributed by atoms with van der Waals surface area (Å²) in [6, 6.07) is 13.3. The summed E-state index contributed by atoms with van der Waals surface area (Å²) in [4.78, 5) is 50.3. The molecule has 0 bridgehead atoms. The number of carbonyl (C=O) groups excluding carboxylic acids is 3. The van der Waals surface area contributed by atoms with Crippen molar-refractivity contribution in [3.8, 4) is 0 Å². The summed E-state index contributed by atoms with van der Waals surface area (Å²) in [7, 11) is 0. The third kappa shape index (κ3) is 4.17. The average Bonchev–Trinajstić information content (AvgIpc) is 2.94. The van der Waals surface area contributed by atoms with Crippen molar-refractivity contribution in [1.82, 2.24) is 10.2 Å². The molecular weight excluding hydrogens is 386 g/mol. The van der Waals surface area contributed by atoms with Gasteiger partial charge in [-0.3, -0.25) is 19.3 Å². The quantitative estimate of drug-likeness (QED) is 0.608. The highest BCUT2D eigenvalue weighted by atomic mass is 16.4. The monoisotopic (exact) mass is 409 g/mol. The maximum Gasteiger partial charge on any atom is 0.325 e. The van der Waals surface area contributed by atoms with Crippen molar-refractivity contribution in [3.63, 3.8) is 0 Å². The molecule has 8 heteroatoms. The van der Waals surface area contributed by atoms with Gasteiger partial charge in [-0.2, -0.15) is 0 Å². The van der Waals surface area contributed by atoms with Gasteiger partial charge in [-0.15, -0.1) is 0 Å². The van der Waals surface area contributed by atoms with Gasteiger partial charge in [0, 0.05) is 12.1 Å². The molecule has 1 saturated heterocycles. The molecule has 1 aliphatic rings. The number of carboxylic acid groups (broad SMARTS) is 1. The first kappa shape index (κ1) is 21.0. The Hall–Kier alpha value is -3.68. The van der Waals surface area contributed by atoms with Crippen LogP contribution in [0.1, 0.15) is 29.5 Å². The van der Waals surface area contributed by atoms with Crippen LogP contribution in [-0.4, -0.2) is 40.4 Å². The lowest BCUT2D eigenvalue weighted by molar-refractivity contribution is -0.138. The number of carbonyl (C=O) groups is 4. The van der Waals surface area contributed by atoms with Crippen molar-refractivity contribution < 1.29 is 24.3 Å². The van der Waals surface area contributed by atoms with Gasteiger partial charge in [-0.1, -0.05) is 48.0 Å². The van der Waals surface area contributed by atoms with Gasteiger partial charge in [0.05, 0.1) is 0 Å². The molecule has 0 radical (unpaired) electrons. The zero-order valence-corrected chi connectivity index (χ0v) is 16.8. The maximum absolute atomic E-state index is 13.2. The van der Waals surface area contributed by atoms with E-state index in [4.69, 9.17) is 5.11 Å². The van der Waals surface area contributed by atoms with Crippen molar-refractivity contribution in [2.75, 3.05) is 11.9 Å². The zero-order valence-electron chi connectivity index (χ0n) is 16.8. The highest BCUT2D eigenvalue weighted by Crippen LogP contribution is 2.33. The molecule has 1 heterocycles. The van der Waals surface area contributed by atoms with Crippen molar-refractivity contribution in [1.29, 1.82) is 0 Å². The van der Waals surface area contributed by atoms with E-state index in [2.05, 4.69) is 10.6 Å². The van der Waals surface area contributed by atoms with Crippen LogP contribution in [-0.2, 0) is 19.9 Å². The van der Waals surface area contributed by atoms with Gasteiger partial charge < -0.3 is 15.7 Å². The molecule has 156 valence electrons. The fourth-order valence-electron chi connectivity index (χ4n) is 3.58. The Bertz CT molecular complexity index is 1010. The van der Waals surface area contributed by atoms with E-state index in [0.717, 1.165) is 16.0 Å². The van der Waals surface area contributed by atoms with Gasteiger partial charge in [0.2, 0.25) is 5.91 Å². The summed E-state index contributed by atoms with van der Waals surface area (Å²) >= 11 is 0. The number of benzene rings is 2. The first-order valence-corrected chi connectivity index (χ1v) is 9.51. The Morgan fingerprint density at radius 2 is 1.80 bits per heavy atom. The van der Waals surface area contributed by atoms with E-state index in [1.54, 1.807) is 36.4 Å². The molecule has 0 unspecified atom stereocenters. The van der Waals surface area contributed by atoms with Gasteiger partial charge in [0.25, 0.3) is 5.91 Å². The minimum atomic E-state index is -1.52. The normalized spacial score (nSPS) is 18.3. The van der Waals surface area contributed by atoms with E-state index >= 15 is 0 Å². The highest BCUT2D eigenvalue weighted by molar-refractivity contribution is 6.10. The summed E-state index contributed by atoms with van der Waals surface area (Å²) in [5.74, 6) is -2.25. The molecule has 4 amide bonds. The number of urea groups is 1. The Balaban J connectivity index is 1.82. The standard InChI is InChI=1S/C22H23N3O5/c1-14-8-9-17(15(2)12-14)23-18(26)13-25-20(29)22(24-21(25)30,11-10-19(27)28)16-6-4-3-5-7-16/h3-9,12H,10-11,13H2,1-2H3,(H,23,26)(H,24,30)(H,27,28)/t22-/m0/s1.